The predicted octanol–water partition coefficient (Wildman–Crippen LogP) is 2.53. The Morgan fingerprint density at radius 1 is 1.33 bits per heavy atom. The summed E-state index contributed by atoms with van der Waals surface area (Å²) in [6.45, 7) is 2.22. The van der Waals surface area contributed by atoms with E-state index in [1.165, 1.54) is 0 Å². The second-order valence-corrected chi connectivity index (χ2v) is 5.82. The summed E-state index contributed by atoms with van der Waals surface area (Å²) in [5, 5.41) is 6.98. The topological polar surface area (TPSA) is 73.1 Å². The van der Waals surface area contributed by atoms with Crippen molar-refractivity contribution >= 4 is 11.6 Å². The fourth-order valence-corrected chi connectivity index (χ4v) is 2.63. The van der Waals surface area contributed by atoms with Gasteiger partial charge in [-0.15, -0.1) is 0 Å². The molecule has 0 radical (unpaired) electrons. The van der Waals surface area contributed by atoms with Crippen molar-refractivity contribution in [3.05, 3.63) is 54.0 Å². The molecule has 2 heterocycles. The Labute approximate surface area is 140 Å². The van der Waals surface area contributed by atoms with E-state index in [0.717, 1.165) is 11.3 Å². The van der Waals surface area contributed by atoms with Gasteiger partial charge in [-0.3, -0.25) is 4.79 Å². The molecule has 6 nitrogen and oxygen atoms in total. The van der Waals surface area contributed by atoms with E-state index < -0.39 is 5.60 Å². The highest BCUT2D eigenvalue weighted by atomic mass is 16.7. The summed E-state index contributed by atoms with van der Waals surface area (Å²) in [6.07, 6.45) is 2.64. The number of methoxy groups -OCH3 is 1. The van der Waals surface area contributed by atoms with Crippen LogP contribution in [0.15, 0.2) is 52.2 Å². The van der Waals surface area contributed by atoms with Crippen molar-refractivity contribution in [2.24, 2.45) is 5.16 Å². The van der Waals surface area contributed by atoms with Crippen LogP contribution in [0.4, 0.5) is 0 Å². The Morgan fingerprint density at radius 2 is 2.17 bits per heavy atom. The Hall–Kier alpha value is -2.76. The first-order chi connectivity index (χ1) is 11.6. The average Bonchev–Trinajstić information content (AvgIpc) is 3.25. The number of rotatable bonds is 6. The third-order valence-corrected chi connectivity index (χ3v) is 4.00. The summed E-state index contributed by atoms with van der Waals surface area (Å²) in [7, 11) is 1.61. The summed E-state index contributed by atoms with van der Waals surface area (Å²) in [5.74, 6) is 1.35. The first kappa shape index (κ1) is 16.1. The number of benzene rings is 1. The van der Waals surface area contributed by atoms with Gasteiger partial charge in [-0.05, 0) is 31.2 Å². The van der Waals surface area contributed by atoms with Crippen LogP contribution in [-0.2, 0) is 16.1 Å². The molecule has 1 aromatic heterocycles. The number of oxime groups is 1. The quantitative estimate of drug-likeness (QED) is 0.884. The van der Waals surface area contributed by atoms with Gasteiger partial charge in [-0.2, -0.15) is 0 Å². The van der Waals surface area contributed by atoms with Crippen LogP contribution in [-0.4, -0.2) is 30.9 Å². The summed E-state index contributed by atoms with van der Waals surface area (Å²) >= 11 is 0. The molecule has 6 heteroatoms. The standard InChI is InChI=1S/C18H20N2O4/c1-18(17(21)19-10-9-13-6-5-11-23-13)12-15(20-24-18)14-7-3-4-8-16(14)22-2/h3-8,11H,9-10,12H2,1-2H3,(H,19,21)/t18-/m0/s1. The van der Waals surface area contributed by atoms with Crippen molar-refractivity contribution < 1.29 is 18.8 Å². The molecule has 1 amide bonds. The highest BCUT2D eigenvalue weighted by Crippen LogP contribution is 2.30. The maximum atomic E-state index is 12.5. The molecular weight excluding hydrogens is 308 g/mol. The number of hydrogen-bond donors (Lipinski definition) is 1. The Bertz CT molecular complexity index is 739. The highest BCUT2D eigenvalue weighted by Gasteiger charge is 2.42. The Morgan fingerprint density at radius 3 is 2.92 bits per heavy atom. The van der Waals surface area contributed by atoms with Gasteiger partial charge in [0.25, 0.3) is 5.91 Å². The highest BCUT2D eigenvalue weighted by molar-refractivity contribution is 6.07. The number of carbonyl (C=O) groups excluding carboxylic acids is 1. The van der Waals surface area contributed by atoms with Gasteiger partial charge in [0.15, 0.2) is 0 Å². The molecule has 24 heavy (non-hydrogen) atoms. The lowest BCUT2D eigenvalue weighted by atomic mass is 9.94. The zero-order chi connectivity index (χ0) is 17.0. The molecule has 1 aliphatic heterocycles. The molecule has 2 aromatic rings. The molecule has 1 aromatic carbocycles. The first-order valence-corrected chi connectivity index (χ1v) is 7.81. The van der Waals surface area contributed by atoms with Gasteiger partial charge < -0.3 is 19.3 Å². The van der Waals surface area contributed by atoms with Gasteiger partial charge in [-0.1, -0.05) is 17.3 Å². The van der Waals surface area contributed by atoms with Crippen molar-refractivity contribution in [3.63, 3.8) is 0 Å². The van der Waals surface area contributed by atoms with Crippen LogP contribution in [0, 0.1) is 0 Å². The van der Waals surface area contributed by atoms with E-state index in [2.05, 4.69) is 10.5 Å². The SMILES string of the molecule is COc1ccccc1C1=NO[C@](C)(C(=O)NCCc2ccco2)C1. The van der Waals surface area contributed by atoms with Crippen molar-refractivity contribution in [2.45, 2.75) is 25.4 Å². The molecule has 1 N–H and O–H groups in total. The number of para-hydroxylation sites is 1. The van der Waals surface area contributed by atoms with Crippen LogP contribution in [0.3, 0.4) is 0 Å². The summed E-state index contributed by atoms with van der Waals surface area (Å²) < 4.78 is 10.6. The maximum Gasteiger partial charge on any atom is 0.267 e. The largest absolute Gasteiger partial charge is 0.496 e. The number of furan rings is 1. The molecule has 0 spiro atoms. The van der Waals surface area contributed by atoms with Crippen LogP contribution in [0.25, 0.3) is 0 Å². The van der Waals surface area contributed by atoms with E-state index >= 15 is 0 Å². The van der Waals surface area contributed by atoms with E-state index in [1.54, 1.807) is 20.3 Å². The normalized spacial score (nSPS) is 19.5. The van der Waals surface area contributed by atoms with Crippen LogP contribution in [0.5, 0.6) is 5.75 Å². The van der Waals surface area contributed by atoms with Gasteiger partial charge >= 0.3 is 0 Å². The van der Waals surface area contributed by atoms with Crippen LogP contribution < -0.4 is 10.1 Å². The number of amides is 1. The maximum absolute atomic E-state index is 12.5. The second-order valence-electron chi connectivity index (χ2n) is 5.82. The molecule has 0 saturated heterocycles. The smallest absolute Gasteiger partial charge is 0.267 e. The molecule has 1 atom stereocenters. The number of ether oxygens (including phenoxy) is 1. The Balaban J connectivity index is 1.60. The van der Waals surface area contributed by atoms with Crippen molar-refractivity contribution in [3.8, 4) is 5.75 Å². The van der Waals surface area contributed by atoms with Crippen LogP contribution >= 0.6 is 0 Å². The second kappa shape index (κ2) is 6.78. The molecule has 0 unspecified atom stereocenters. The average molecular weight is 328 g/mol. The van der Waals surface area contributed by atoms with Gasteiger partial charge in [-0.25, -0.2) is 0 Å². The fraction of sp³-hybridized carbons (Fsp3) is 0.333. The van der Waals surface area contributed by atoms with Crippen LogP contribution in [0.1, 0.15) is 24.7 Å². The lowest BCUT2D eigenvalue weighted by molar-refractivity contribution is -0.141. The molecule has 126 valence electrons. The lowest BCUT2D eigenvalue weighted by Crippen LogP contribution is -2.45. The van der Waals surface area contributed by atoms with Crippen molar-refractivity contribution in [2.75, 3.05) is 13.7 Å². The number of nitrogens with one attached hydrogen (secondary N) is 1. The van der Waals surface area contributed by atoms with Crippen molar-refractivity contribution in [1.29, 1.82) is 0 Å². The first-order valence-electron chi connectivity index (χ1n) is 7.81. The molecule has 0 aliphatic carbocycles. The van der Waals surface area contributed by atoms with E-state index in [9.17, 15) is 4.79 Å². The van der Waals surface area contributed by atoms with Gasteiger partial charge in [0.1, 0.15) is 11.5 Å². The molecule has 1 aliphatic rings. The van der Waals surface area contributed by atoms with Gasteiger partial charge in [0.05, 0.1) is 19.1 Å². The summed E-state index contributed by atoms with van der Waals surface area (Å²) in [5.41, 5.74) is 0.530. The van der Waals surface area contributed by atoms with E-state index in [4.69, 9.17) is 14.0 Å². The molecule has 0 bridgehead atoms. The number of nitrogens with zero attached hydrogens (tertiary/aromatic N) is 1. The van der Waals surface area contributed by atoms with Gasteiger partial charge in [0.2, 0.25) is 5.60 Å². The summed E-state index contributed by atoms with van der Waals surface area (Å²) in [6, 6.07) is 11.3. The van der Waals surface area contributed by atoms with E-state index in [-0.39, 0.29) is 5.91 Å². The van der Waals surface area contributed by atoms with Gasteiger partial charge in [0, 0.05) is 24.9 Å². The van der Waals surface area contributed by atoms with Crippen molar-refractivity contribution in [1.82, 2.24) is 5.32 Å². The zero-order valence-corrected chi connectivity index (χ0v) is 13.7. The molecule has 3 rings (SSSR count). The third-order valence-electron chi connectivity index (χ3n) is 4.00. The molecule has 0 saturated carbocycles. The molecular formula is C18H20N2O4. The summed E-state index contributed by atoms with van der Waals surface area (Å²) in [4.78, 5) is 17.9. The van der Waals surface area contributed by atoms with E-state index in [1.807, 2.05) is 36.4 Å². The third kappa shape index (κ3) is 3.27. The zero-order valence-electron chi connectivity index (χ0n) is 13.7. The van der Waals surface area contributed by atoms with Crippen LogP contribution in [0.2, 0.25) is 0 Å². The predicted molar refractivity (Wildman–Crippen MR) is 89.1 cm³/mol. The fourth-order valence-electron chi connectivity index (χ4n) is 2.63. The minimum Gasteiger partial charge on any atom is -0.496 e. The minimum absolute atomic E-state index is 0.192. The monoisotopic (exact) mass is 328 g/mol. The molecule has 0 fully saturated rings. The lowest BCUT2D eigenvalue weighted by Gasteiger charge is -2.20. The van der Waals surface area contributed by atoms with E-state index in [0.29, 0.717) is 30.8 Å². The number of hydrogen-bond acceptors (Lipinski definition) is 5. The Kier molecular flexibility index (Phi) is 4.55. The number of carbonyl (C=O) groups is 1. The minimum atomic E-state index is -1.01.